The molecule has 5 heteroatoms. The molecule has 18 heavy (non-hydrogen) atoms. The van der Waals surface area contributed by atoms with E-state index in [2.05, 4.69) is 5.32 Å². The van der Waals surface area contributed by atoms with Gasteiger partial charge >= 0.3 is 5.97 Å². The van der Waals surface area contributed by atoms with Gasteiger partial charge in [0.25, 0.3) is 0 Å². The van der Waals surface area contributed by atoms with Gasteiger partial charge in [-0.2, -0.15) is 0 Å². The number of carboxylic acid groups (broad SMARTS) is 1. The van der Waals surface area contributed by atoms with E-state index in [0.717, 1.165) is 4.90 Å². The van der Waals surface area contributed by atoms with Crippen LogP contribution in [0.5, 0.6) is 0 Å². The second kappa shape index (κ2) is 5.91. The van der Waals surface area contributed by atoms with Crippen LogP contribution < -0.4 is 5.32 Å². The topological polar surface area (TPSA) is 66.4 Å². The summed E-state index contributed by atoms with van der Waals surface area (Å²) in [7, 11) is 0. The lowest BCUT2D eigenvalue weighted by molar-refractivity contribution is -0.148. The van der Waals surface area contributed by atoms with Gasteiger partial charge in [-0.05, 0) is 44.4 Å². The zero-order valence-electron chi connectivity index (χ0n) is 10.7. The predicted molar refractivity (Wildman–Crippen MR) is 72.9 cm³/mol. The van der Waals surface area contributed by atoms with Crippen LogP contribution in [0.15, 0.2) is 29.2 Å². The second-order valence-electron chi connectivity index (χ2n) is 4.64. The van der Waals surface area contributed by atoms with Crippen molar-refractivity contribution in [1.82, 2.24) is 0 Å². The Bertz CT molecular complexity index is 440. The molecule has 2 N–H and O–H groups in total. The van der Waals surface area contributed by atoms with Gasteiger partial charge in [0.15, 0.2) is 0 Å². The largest absolute Gasteiger partial charge is 0.481 e. The first-order valence-electron chi connectivity index (χ1n) is 5.52. The van der Waals surface area contributed by atoms with Crippen LogP contribution in [0.2, 0.25) is 0 Å². The molecule has 0 spiro atoms. The normalized spacial score (nSPS) is 11.1. The Labute approximate surface area is 111 Å². The average molecular weight is 267 g/mol. The molecule has 0 saturated heterocycles. The van der Waals surface area contributed by atoms with Crippen molar-refractivity contribution in [2.75, 3.05) is 11.6 Å². The Balaban J connectivity index is 2.62. The minimum atomic E-state index is -1.05. The molecule has 0 aliphatic carbocycles. The van der Waals surface area contributed by atoms with Crippen molar-refractivity contribution in [3.05, 3.63) is 24.3 Å². The summed E-state index contributed by atoms with van der Waals surface area (Å²) in [6, 6.07) is 7.42. The van der Waals surface area contributed by atoms with Gasteiger partial charge in [0.1, 0.15) is 0 Å². The number of carbonyl (C=O) groups is 2. The molecular formula is C13H17NO3S. The van der Waals surface area contributed by atoms with Gasteiger partial charge < -0.3 is 10.4 Å². The maximum Gasteiger partial charge on any atom is 0.309 e. The van der Waals surface area contributed by atoms with Gasteiger partial charge in [-0.25, -0.2) is 0 Å². The molecule has 0 bridgehead atoms. The Kier molecular flexibility index (Phi) is 4.78. The zero-order chi connectivity index (χ0) is 13.8. The van der Waals surface area contributed by atoms with Crippen molar-refractivity contribution in [2.24, 2.45) is 5.41 Å². The third kappa shape index (κ3) is 4.07. The van der Waals surface area contributed by atoms with Crippen LogP contribution in [0.1, 0.15) is 20.3 Å². The van der Waals surface area contributed by atoms with E-state index in [0.29, 0.717) is 5.69 Å². The minimum absolute atomic E-state index is 0.0490. The number of benzene rings is 1. The maximum absolute atomic E-state index is 11.7. The first-order valence-corrected chi connectivity index (χ1v) is 6.75. The van der Waals surface area contributed by atoms with Crippen molar-refractivity contribution in [2.45, 2.75) is 25.2 Å². The first kappa shape index (κ1) is 14.6. The molecule has 1 rings (SSSR count). The van der Waals surface area contributed by atoms with Crippen molar-refractivity contribution in [1.29, 1.82) is 0 Å². The molecule has 0 atom stereocenters. The van der Waals surface area contributed by atoms with Crippen LogP contribution in [0.3, 0.4) is 0 Å². The Hall–Kier alpha value is -1.49. The van der Waals surface area contributed by atoms with E-state index in [-0.39, 0.29) is 12.3 Å². The lowest BCUT2D eigenvalue weighted by Gasteiger charge is -2.18. The number of nitrogens with one attached hydrogen (secondary N) is 1. The first-order chi connectivity index (χ1) is 8.35. The Morgan fingerprint density at radius 1 is 1.28 bits per heavy atom. The second-order valence-corrected chi connectivity index (χ2v) is 5.52. The molecule has 0 radical (unpaired) electrons. The number of hydrogen-bond donors (Lipinski definition) is 2. The molecule has 0 aliphatic heterocycles. The fourth-order valence-corrected chi connectivity index (χ4v) is 1.76. The summed E-state index contributed by atoms with van der Waals surface area (Å²) in [5.74, 6) is -1.27. The molecule has 0 heterocycles. The quantitative estimate of drug-likeness (QED) is 0.805. The van der Waals surface area contributed by atoms with Gasteiger partial charge in [0.05, 0.1) is 5.41 Å². The van der Waals surface area contributed by atoms with Gasteiger partial charge in [0.2, 0.25) is 5.91 Å². The van der Waals surface area contributed by atoms with Crippen molar-refractivity contribution in [3.8, 4) is 0 Å². The number of amides is 1. The average Bonchev–Trinajstić information content (AvgIpc) is 2.29. The highest BCUT2D eigenvalue weighted by atomic mass is 32.2. The van der Waals surface area contributed by atoms with Gasteiger partial charge in [-0.15, -0.1) is 11.8 Å². The summed E-state index contributed by atoms with van der Waals surface area (Å²) in [5, 5.41) is 11.6. The fourth-order valence-electron chi connectivity index (χ4n) is 1.36. The van der Waals surface area contributed by atoms with Crippen molar-refractivity contribution < 1.29 is 14.7 Å². The number of thioether (sulfide) groups is 1. The highest BCUT2D eigenvalue weighted by molar-refractivity contribution is 7.98. The van der Waals surface area contributed by atoms with Crippen LogP contribution >= 0.6 is 11.8 Å². The van der Waals surface area contributed by atoms with E-state index in [1.165, 1.54) is 13.8 Å². The van der Waals surface area contributed by atoms with Gasteiger partial charge in [-0.1, -0.05) is 0 Å². The van der Waals surface area contributed by atoms with Crippen LogP contribution in [-0.4, -0.2) is 23.2 Å². The number of carbonyl (C=O) groups excluding carboxylic acids is 1. The zero-order valence-corrected chi connectivity index (χ0v) is 11.5. The van der Waals surface area contributed by atoms with Crippen molar-refractivity contribution in [3.63, 3.8) is 0 Å². The number of hydrogen-bond acceptors (Lipinski definition) is 3. The highest BCUT2D eigenvalue weighted by Crippen LogP contribution is 2.22. The number of anilines is 1. The summed E-state index contributed by atoms with van der Waals surface area (Å²) in [5.41, 5.74) is -0.373. The van der Waals surface area contributed by atoms with Crippen LogP contribution in [0.4, 0.5) is 5.69 Å². The lowest BCUT2D eigenvalue weighted by atomic mass is 9.89. The van der Waals surface area contributed by atoms with E-state index in [1.54, 1.807) is 23.9 Å². The third-order valence-electron chi connectivity index (χ3n) is 2.56. The molecule has 98 valence electrons. The summed E-state index contributed by atoms with van der Waals surface area (Å²) in [6.07, 6.45) is 1.93. The van der Waals surface area contributed by atoms with Gasteiger partial charge in [-0.3, -0.25) is 9.59 Å². The highest BCUT2D eigenvalue weighted by Gasteiger charge is 2.30. The molecule has 0 unspecified atom stereocenters. The number of carboxylic acids is 1. The smallest absolute Gasteiger partial charge is 0.309 e. The molecule has 0 saturated carbocycles. The summed E-state index contributed by atoms with van der Waals surface area (Å²) >= 11 is 1.62. The van der Waals surface area contributed by atoms with Gasteiger partial charge in [0, 0.05) is 17.0 Å². The Morgan fingerprint density at radius 3 is 2.28 bits per heavy atom. The monoisotopic (exact) mass is 267 g/mol. The molecular weight excluding hydrogens is 250 g/mol. The van der Waals surface area contributed by atoms with E-state index < -0.39 is 11.4 Å². The third-order valence-corrected chi connectivity index (χ3v) is 3.30. The minimum Gasteiger partial charge on any atom is -0.481 e. The number of rotatable bonds is 5. The molecule has 1 aromatic rings. The van der Waals surface area contributed by atoms with Crippen LogP contribution in [-0.2, 0) is 9.59 Å². The molecule has 0 fully saturated rings. The van der Waals surface area contributed by atoms with E-state index >= 15 is 0 Å². The van der Waals surface area contributed by atoms with E-state index in [1.807, 2.05) is 18.4 Å². The SMILES string of the molecule is CSc1ccc(NC(=O)CC(C)(C)C(=O)O)cc1. The molecule has 1 aromatic carbocycles. The Morgan fingerprint density at radius 2 is 1.83 bits per heavy atom. The lowest BCUT2D eigenvalue weighted by Crippen LogP contribution is -2.29. The van der Waals surface area contributed by atoms with E-state index in [4.69, 9.17) is 5.11 Å². The molecule has 1 amide bonds. The summed E-state index contributed by atoms with van der Waals surface area (Å²) in [4.78, 5) is 23.7. The summed E-state index contributed by atoms with van der Waals surface area (Å²) < 4.78 is 0. The van der Waals surface area contributed by atoms with Crippen molar-refractivity contribution >= 4 is 29.3 Å². The maximum atomic E-state index is 11.7. The van der Waals surface area contributed by atoms with Crippen LogP contribution in [0, 0.1) is 5.41 Å². The molecule has 4 nitrogen and oxygen atoms in total. The predicted octanol–water partition coefficient (Wildman–Crippen LogP) is 2.85. The number of aliphatic carboxylic acids is 1. The molecule has 0 aliphatic rings. The van der Waals surface area contributed by atoms with Crippen LogP contribution in [0.25, 0.3) is 0 Å². The fraction of sp³-hybridized carbons (Fsp3) is 0.385. The molecule has 0 aromatic heterocycles. The van der Waals surface area contributed by atoms with E-state index in [9.17, 15) is 9.59 Å². The standard InChI is InChI=1S/C13H17NO3S/c1-13(2,12(16)17)8-11(15)14-9-4-6-10(18-3)7-5-9/h4-7H,8H2,1-3H3,(H,14,15)(H,16,17). The summed E-state index contributed by atoms with van der Waals surface area (Å²) in [6.45, 7) is 3.07.